The van der Waals surface area contributed by atoms with Gasteiger partial charge >= 0.3 is 0 Å². The third-order valence-corrected chi connectivity index (χ3v) is 5.45. The summed E-state index contributed by atoms with van der Waals surface area (Å²) in [5.41, 5.74) is 1.68. The Balaban J connectivity index is 1.78. The molecule has 0 bridgehead atoms. The molecule has 0 aliphatic carbocycles. The highest BCUT2D eigenvalue weighted by Crippen LogP contribution is 2.35. The van der Waals surface area contributed by atoms with E-state index in [4.69, 9.17) is 4.74 Å². The van der Waals surface area contributed by atoms with E-state index in [2.05, 4.69) is 10.3 Å². The average Bonchev–Trinajstić information content (AvgIpc) is 2.76. The van der Waals surface area contributed by atoms with Gasteiger partial charge in [0.05, 0.1) is 7.11 Å². The van der Waals surface area contributed by atoms with Crippen LogP contribution in [0.3, 0.4) is 0 Å². The number of carbonyl (C=O) groups is 1. The number of ether oxygens (including phenoxy) is 1. The van der Waals surface area contributed by atoms with Gasteiger partial charge in [0, 0.05) is 24.2 Å². The number of halogens is 2. The first-order chi connectivity index (χ1) is 15.3. The molecule has 1 heterocycles. The number of methoxy groups -OCH3 is 1. The molecule has 0 fully saturated rings. The number of nitrogens with one attached hydrogen (secondary N) is 1. The van der Waals surface area contributed by atoms with E-state index < -0.39 is 5.91 Å². The molecule has 1 aromatic heterocycles. The van der Waals surface area contributed by atoms with Crippen LogP contribution in [0, 0.1) is 17.6 Å². The van der Waals surface area contributed by atoms with Crippen molar-refractivity contribution < 1.29 is 23.4 Å². The molecule has 0 saturated heterocycles. The highest BCUT2D eigenvalue weighted by atomic mass is 19.1. The Morgan fingerprint density at radius 2 is 1.53 bits per heavy atom. The molecule has 3 rings (SSSR count). The summed E-state index contributed by atoms with van der Waals surface area (Å²) in [6, 6.07) is 13.7. The van der Waals surface area contributed by atoms with Gasteiger partial charge in [-0.1, -0.05) is 31.2 Å². The van der Waals surface area contributed by atoms with E-state index in [0.717, 1.165) is 11.1 Å². The van der Waals surface area contributed by atoms with E-state index >= 15 is 0 Å². The summed E-state index contributed by atoms with van der Waals surface area (Å²) in [5, 5.41) is 13.0. The van der Waals surface area contributed by atoms with Gasteiger partial charge in [-0.15, -0.1) is 0 Å². The molecule has 168 valence electrons. The predicted molar refractivity (Wildman–Crippen MR) is 118 cm³/mol. The number of nitrogens with zero attached hydrogens (tertiary/aromatic N) is 1. The molecular weight excluding hydrogens is 414 g/mol. The molecule has 0 aliphatic heterocycles. The molecule has 0 unspecified atom stereocenters. The van der Waals surface area contributed by atoms with E-state index in [0.29, 0.717) is 6.42 Å². The second-order valence-corrected chi connectivity index (χ2v) is 7.88. The van der Waals surface area contributed by atoms with Crippen molar-refractivity contribution in [2.75, 3.05) is 7.11 Å². The van der Waals surface area contributed by atoms with E-state index in [1.807, 2.05) is 13.8 Å². The van der Waals surface area contributed by atoms with Crippen LogP contribution in [0.4, 0.5) is 8.78 Å². The van der Waals surface area contributed by atoms with Crippen LogP contribution in [0.5, 0.6) is 11.5 Å². The summed E-state index contributed by atoms with van der Waals surface area (Å²) in [5.74, 6) is -1.42. The van der Waals surface area contributed by atoms with Gasteiger partial charge in [-0.2, -0.15) is 0 Å². The van der Waals surface area contributed by atoms with Crippen molar-refractivity contribution in [1.29, 1.82) is 0 Å². The van der Waals surface area contributed by atoms with Crippen molar-refractivity contribution in [1.82, 2.24) is 10.3 Å². The van der Waals surface area contributed by atoms with Crippen LogP contribution in [0.1, 0.15) is 47.8 Å². The van der Waals surface area contributed by atoms with Gasteiger partial charge in [0.15, 0.2) is 17.2 Å². The highest BCUT2D eigenvalue weighted by Gasteiger charge is 2.25. The zero-order valence-electron chi connectivity index (χ0n) is 18.2. The first-order valence-electron chi connectivity index (χ1n) is 10.3. The molecule has 3 aromatic rings. The number of rotatable bonds is 8. The van der Waals surface area contributed by atoms with Crippen LogP contribution in [0.15, 0.2) is 60.8 Å². The Kier molecular flexibility index (Phi) is 7.41. The lowest BCUT2D eigenvalue weighted by atomic mass is 9.79. The molecule has 0 aliphatic rings. The third-order valence-electron chi connectivity index (χ3n) is 5.45. The molecule has 7 heteroatoms. The normalized spacial score (nSPS) is 12.9. The summed E-state index contributed by atoms with van der Waals surface area (Å²) < 4.78 is 32.0. The Morgan fingerprint density at radius 3 is 2.03 bits per heavy atom. The molecule has 32 heavy (non-hydrogen) atoms. The Bertz CT molecular complexity index is 1010. The van der Waals surface area contributed by atoms with Crippen molar-refractivity contribution in [2.45, 2.75) is 32.2 Å². The number of hydrogen-bond acceptors (Lipinski definition) is 4. The molecule has 2 aromatic carbocycles. The SMILES string of the molecule is COc1ccnc(C(=O)N[C@@H](C)C[C@H](C)C(c2ccc(F)cc2)c2ccc(F)cc2)c1O. The molecule has 1 amide bonds. The fourth-order valence-electron chi connectivity index (χ4n) is 4.00. The number of amides is 1. The van der Waals surface area contributed by atoms with Crippen molar-refractivity contribution in [3.8, 4) is 11.5 Å². The fraction of sp³-hybridized carbons (Fsp3) is 0.280. The second kappa shape index (κ2) is 10.2. The lowest BCUT2D eigenvalue weighted by Crippen LogP contribution is -2.35. The molecule has 0 radical (unpaired) electrons. The topological polar surface area (TPSA) is 71.5 Å². The van der Waals surface area contributed by atoms with Gasteiger partial charge < -0.3 is 15.2 Å². The van der Waals surface area contributed by atoms with Gasteiger partial charge in [0.25, 0.3) is 5.91 Å². The monoisotopic (exact) mass is 440 g/mol. The zero-order chi connectivity index (χ0) is 23.3. The Morgan fingerprint density at radius 1 is 1.00 bits per heavy atom. The minimum Gasteiger partial charge on any atom is -0.503 e. The Hall–Kier alpha value is -3.48. The molecular formula is C25H26F2N2O3. The van der Waals surface area contributed by atoms with E-state index in [9.17, 15) is 18.7 Å². The largest absolute Gasteiger partial charge is 0.503 e. The van der Waals surface area contributed by atoms with E-state index in [-0.39, 0.29) is 46.7 Å². The summed E-state index contributed by atoms with van der Waals surface area (Å²) in [4.78, 5) is 16.6. The molecule has 2 atom stereocenters. The number of aromatic nitrogens is 1. The third kappa shape index (κ3) is 5.41. The van der Waals surface area contributed by atoms with Crippen LogP contribution in [0.2, 0.25) is 0 Å². The lowest BCUT2D eigenvalue weighted by Gasteiger charge is -2.28. The maximum atomic E-state index is 13.5. The van der Waals surface area contributed by atoms with Gasteiger partial charge in [0.1, 0.15) is 11.6 Å². The minimum absolute atomic E-state index is 0.0214. The van der Waals surface area contributed by atoms with Gasteiger partial charge in [-0.25, -0.2) is 13.8 Å². The van der Waals surface area contributed by atoms with Crippen molar-refractivity contribution >= 4 is 5.91 Å². The summed E-state index contributed by atoms with van der Waals surface area (Å²) in [7, 11) is 1.39. The lowest BCUT2D eigenvalue weighted by molar-refractivity contribution is 0.0926. The summed E-state index contributed by atoms with van der Waals surface area (Å²) >= 11 is 0. The van der Waals surface area contributed by atoms with Gasteiger partial charge in [-0.05, 0) is 54.7 Å². The quantitative estimate of drug-likeness (QED) is 0.514. The molecule has 5 nitrogen and oxygen atoms in total. The number of carbonyl (C=O) groups excluding carboxylic acids is 1. The summed E-state index contributed by atoms with van der Waals surface area (Å²) in [6.07, 6.45) is 1.97. The molecule has 0 spiro atoms. The maximum absolute atomic E-state index is 13.5. The highest BCUT2D eigenvalue weighted by molar-refractivity contribution is 5.95. The average molecular weight is 440 g/mol. The standard InChI is InChI=1S/C25H26F2N2O3/c1-15(14-16(2)29-25(31)23-24(30)21(32-3)12-13-28-23)22(17-4-8-19(26)9-5-17)18-6-10-20(27)11-7-18/h4-13,15-16,22,30H,14H2,1-3H3,(H,29,31)/t15-,16-/m0/s1. The predicted octanol–water partition coefficient (Wildman–Crippen LogP) is 5.05. The van der Waals surface area contributed by atoms with E-state index in [1.165, 1.54) is 43.6 Å². The Labute approximate surface area is 186 Å². The molecule has 0 saturated carbocycles. The number of hydrogen-bond donors (Lipinski definition) is 2. The van der Waals surface area contributed by atoms with Crippen LogP contribution < -0.4 is 10.1 Å². The first-order valence-corrected chi connectivity index (χ1v) is 10.3. The first kappa shape index (κ1) is 23.2. The minimum atomic E-state index is -0.513. The van der Waals surface area contributed by atoms with Gasteiger partial charge in [-0.3, -0.25) is 4.79 Å². The van der Waals surface area contributed by atoms with Crippen LogP contribution in [-0.4, -0.2) is 29.1 Å². The van der Waals surface area contributed by atoms with Crippen LogP contribution >= 0.6 is 0 Å². The van der Waals surface area contributed by atoms with Crippen LogP contribution in [-0.2, 0) is 0 Å². The second-order valence-electron chi connectivity index (χ2n) is 7.88. The van der Waals surface area contributed by atoms with Crippen LogP contribution in [0.25, 0.3) is 0 Å². The number of pyridine rings is 1. The number of aromatic hydroxyl groups is 1. The van der Waals surface area contributed by atoms with Crippen molar-refractivity contribution in [3.63, 3.8) is 0 Å². The van der Waals surface area contributed by atoms with E-state index in [1.54, 1.807) is 24.3 Å². The maximum Gasteiger partial charge on any atom is 0.274 e. The fourth-order valence-corrected chi connectivity index (χ4v) is 4.00. The number of benzene rings is 2. The van der Waals surface area contributed by atoms with Gasteiger partial charge in [0.2, 0.25) is 0 Å². The van der Waals surface area contributed by atoms with Crippen molar-refractivity contribution in [2.24, 2.45) is 5.92 Å². The smallest absolute Gasteiger partial charge is 0.274 e. The molecule has 2 N–H and O–H groups in total. The van der Waals surface area contributed by atoms with Crippen molar-refractivity contribution in [3.05, 3.63) is 89.2 Å². The summed E-state index contributed by atoms with van der Waals surface area (Å²) in [6.45, 7) is 3.89. The zero-order valence-corrected chi connectivity index (χ0v) is 18.2.